The van der Waals surface area contributed by atoms with Crippen molar-refractivity contribution in [2.45, 2.75) is 86.9 Å². The molecule has 3 amide bonds. The molecule has 37 heavy (non-hydrogen) atoms. The lowest BCUT2D eigenvalue weighted by Crippen LogP contribution is -2.49. The lowest BCUT2D eigenvalue weighted by atomic mass is 9.87. The first-order chi connectivity index (χ1) is 17.3. The molecule has 0 spiro atoms. The molecule has 0 unspecified atom stereocenters. The number of carboxylic acid groups (broad SMARTS) is 1. The SMILES string of the molecule is CC.CC(C)[C@@H](C)C(=O)N[C@H](CCCN)C(=O)Nc1ccc(COC(=O)N[C@@H](C(=O)O)C(C)(C)C)cc1. The molecule has 0 saturated heterocycles. The van der Waals surface area contributed by atoms with Crippen molar-refractivity contribution in [1.29, 1.82) is 0 Å². The van der Waals surface area contributed by atoms with E-state index in [0.29, 0.717) is 30.6 Å². The van der Waals surface area contributed by atoms with Gasteiger partial charge in [0, 0.05) is 11.6 Å². The Morgan fingerprint density at radius 2 is 1.54 bits per heavy atom. The number of rotatable bonds is 12. The summed E-state index contributed by atoms with van der Waals surface area (Å²) in [6.45, 7) is 15.2. The maximum absolute atomic E-state index is 12.8. The van der Waals surface area contributed by atoms with E-state index in [4.69, 9.17) is 10.5 Å². The number of alkyl carbamates (subject to hydrolysis) is 1. The Morgan fingerprint density at radius 1 is 0.973 bits per heavy atom. The quantitative estimate of drug-likeness (QED) is 0.278. The van der Waals surface area contributed by atoms with Crippen LogP contribution >= 0.6 is 0 Å². The van der Waals surface area contributed by atoms with E-state index in [-0.39, 0.29) is 30.3 Å². The van der Waals surface area contributed by atoms with Crippen molar-refractivity contribution < 1.29 is 29.0 Å². The fourth-order valence-electron chi connectivity index (χ4n) is 3.07. The number of nitrogens with two attached hydrogens (primary N) is 1. The second-order valence-corrected chi connectivity index (χ2v) is 10.1. The van der Waals surface area contributed by atoms with Crippen molar-refractivity contribution in [2.24, 2.45) is 23.0 Å². The van der Waals surface area contributed by atoms with Crippen LogP contribution in [0.15, 0.2) is 24.3 Å². The van der Waals surface area contributed by atoms with Gasteiger partial charge in [0.25, 0.3) is 0 Å². The van der Waals surface area contributed by atoms with Crippen molar-refractivity contribution in [2.75, 3.05) is 11.9 Å². The fraction of sp³-hybridized carbons (Fsp3) is 0.630. The number of hydrogen-bond acceptors (Lipinski definition) is 6. The second-order valence-electron chi connectivity index (χ2n) is 10.1. The van der Waals surface area contributed by atoms with Crippen LogP contribution in [-0.4, -0.2) is 47.6 Å². The molecule has 3 atom stereocenters. The van der Waals surface area contributed by atoms with Crippen LogP contribution in [0.1, 0.15) is 73.8 Å². The van der Waals surface area contributed by atoms with Gasteiger partial charge in [-0.2, -0.15) is 0 Å². The zero-order chi connectivity index (χ0) is 28.8. The maximum atomic E-state index is 12.8. The van der Waals surface area contributed by atoms with Crippen LogP contribution in [0.25, 0.3) is 0 Å². The number of anilines is 1. The molecule has 10 heteroatoms. The first kappa shape index (κ1) is 33.9. The minimum absolute atomic E-state index is 0.0706. The number of aliphatic carboxylic acids is 1. The Balaban J connectivity index is 0.00000631. The summed E-state index contributed by atoms with van der Waals surface area (Å²) in [5.41, 5.74) is 6.07. The molecule has 0 radical (unpaired) electrons. The van der Waals surface area contributed by atoms with Crippen molar-refractivity contribution >= 4 is 29.6 Å². The summed E-state index contributed by atoms with van der Waals surface area (Å²) >= 11 is 0. The van der Waals surface area contributed by atoms with Crippen molar-refractivity contribution in [1.82, 2.24) is 10.6 Å². The zero-order valence-corrected chi connectivity index (χ0v) is 23.5. The summed E-state index contributed by atoms with van der Waals surface area (Å²) in [5.74, 6) is -1.75. The van der Waals surface area contributed by atoms with Gasteiger partial charge in [-0.3, -0.25) is 9.59 Å². The highest BCUT2D eigenvalue weighted by atomic mass is 16.5. The number of benzene rings is 1. The van der Waals surface area contributed by atoms with Gasteiger partial charge in [0.1, 0.15) is 18.7 Å². The summed E-state index contributed by atoms with van der Waals surface area (Å²) in [5, 5.41) is 17.3. The Hall–Kier alpha value is -3.14. The number of amides is 3. The van der Waals surface area contributed by atoms with Crippen LogP contribution in [0, 0.1) is 17.3 Å². The van der Waals surface area contributed by atoms with Gasteiger partial charge in [0.2, 0.25) is 11.8 Å². The minimum Gasteiger partial charge on any atom is -0.480 e. The third-order valence-electron chi connectivity index (χ3n) is 5.71. The molecule has 6 N–H and O–H groups in total. The Morgan fingerprint density at radius 3 is 2.00 bits per heavy atom. The smallest absolute Gasteiger partial charge is 0.408 e. The zero-order valence-electron chi connectivity index (χ0n) is 23.5. The number of ether oxygens (including phenoxy) is 1. The van der Waals surface area contributed by atoms with Crippen LogP contribution in [0.4, 0.5) is 10.5 Å². The summed E-state index contributed by atoms with van der Waals surface area (Å²) in [6.07, 6.45) is 0.176. The molecule has 0 heterocycles. The molecule has 0 saturated carbocycles. The minimum atomic E-state index is -1.14. The van der Waals surface area contributed by atoms with Crippen LogP contribution in [0.5, 0.6) is 0 Å². The molecule has 1 aromatic carbocycles. The monoisotopic (exact) mass is 522 g/mol. The number of carboxylic acids is 1. The largest absolute Gasteiger partial charge is 0.480 e. The van der Waals surface area contributed by atoms with E-state index >= 15 is 0 Å². The van der Waals surface area contributed by atoms with E-state index in [9.17, 15) is 24.3 Å². The molecule has 0 fully saturated rings. The third-order valence-corrected chi connectivity index (χ3v) is 5.71. The lowest BCUT2D eigenvalue weighted by Gasteiger charge is -2.27. The second kappa shape index (κ2) is 16.6. The highest BCUT2D eigenvalue weighted by Gasteiger charge is 2.33. The van der Waals surface area contributed by atoms with Gasteiger partial charge < -0.3 is 31.5 Å². The lowest BCUT2D eigenvalue weighted by molar-refractivity contribution is -0.142. The van der Waals surface area contributed by atoms with Gasteiger partial charge in [-0.05, 0) is 48.4 Å². The Labute approximate surface area is 221 Å². The first-order valence-corrected chi connectivity index (χ1v) is 12.8. The third kappa shape index (κ3) is 12.6. The van der Waals surface area contributed by atoms with E-state index in [1.54, 1.807) is 45.0 Å². The average molecular weight is 523 g/mol. The molecule has 10 nitrogen and oxygen atoms in total. The molecule has 0 aliphatic heterocycles. The summed E-state index contributed by atoms with van der Waals surface area (Å²) in [7, 11) is 0. The topological polar surface area (TPSA) is 160 Å². The Kier molecular flexibility index (Phi) is 15.2. The molecule has 0 aliphatic carbocycles. The van der Waals surface area contributed by atoms with Crippen LogP contribution < -0.4 is 21.7 Å². The van der Waals surface area contributed by atoms with Gasteiger partial charge in [0.15, 0.2) is 0 Å². The number of hydrogen-bond donors (Lipinski definition) is 5. The highest BCUT2D eigenvalue weighted by molar-refractivity contribution is 5.97. The molecule has 0 bridgehead atoms. The number of nitrogens with one attached hydrogen (secondary N) is 3. The summed E-state index contributed by atoms with van der Waals surface area (Å²) < 4.78 is 5.13. The predicted molar refractivity (Wildman–Crippen MR) is 145 cm³/mol. The summed E-state index contributed by atoms with van der Waals surface area (Å²) in [6, 6.07) is 4.86. The van der Waals surface area contributed by atoms with Crippen LogP contribution in [-0.2, 0) is 25.7 Å². The molecule has 1 rings (SSSR count). The van der Waals surface area contributed by atoms with Crippen molar-refractivity contribution in [3.8, 4) is 0 Å². The average Bonchev–Trinajstić information content (AvgIpc) is 2.84. The highest BCUT2D eigenvalue weighted by Crippen LogP contribution is 2.20. The summed E-state index contributed by atoms with van der Waals surface area (Å²) in [4.78, 5) is 48.6. The fourth-order valence-corrected chi connectivity index (χ4v) is 3.07. The molecule has 0 aromatic heterocycles. The van der Waals surface area contributed by atoms with E-state index in [2.05, 4.69) is 16.0 Å². The van der Waals surface area contributed by atoms with Crippen molar-refractivity contribution in [3.05, 3.63) is 29.8 Å². The van der Waals surface area contributed by atoms with E-state index in [1.807, 2.05) is 34.6 Å². The van der Waals surface area contributed by atoms with Gasteiger partial charge in [-0.25, -0.2) is 9.59 Å². The van der Waals surface area contributed by atoms with E-state index < -0.39 is 29.6 Å². The molecular weight excluding hydrogens is 476 g/mol. The van der Waals surface area contributed by atoms with Crippen LogP contribution in [0.3, 0.4) is 0 Å². The predicted octanol–water partition coefficient (Wildman–Crippen LogP) is 3.89. The number of carbonyl (C=O) groups is 4. The van der Waals surface area contributed by atoms with Gasteiger partial charge in [0.05, 0.1) is 0 Å². The first-order valence-electron chi connectivity index (χ1n) is 12.8. The van der Waals surface area contributed by atoms with Gasteiger partial charge in [-0.1, -0.05) is 67.5 Å². The number of carbonyl (C=O) groups excluding carboxylic acids is 3. The normalized spacial score (nSPS) is 13.4. The molecule has 1 aromatic rings. The van der Waals surface area contributed by atoms with E-state index in [0.717, 1.165) is 0 Å². The maximum Gasteiger partial charge on any atom is 0.408 e. The van der Waals surface area contributed by atoms with E-state index in [1.165, 1.54) is 0 Å². The Bertz CT molecular complexity index is 865. The molecular formula is C27H46N4O6. The molecule has 0 aliphatic rings. The van der Waals surface area contributed by atoms with Gasteiger partial charge >= 0.3 is 12.1 Å². The van der Waals surface area contributed by atoms with Crippen LogP contribution in [0.2, 0.25) is 0 Å². The standard InChI is InChI=1S/C25H40N4O6.C2H6/c1-15(2)16(3)21(30)28-19(8-7-13-26)22(31)27-18-11-9-17(10-12-18)14-35-24(34)29-20(23(32)33)25(4,5)6;1-2/h9-12,15-16,19-20H,7-8,13-14,26H2,1-6H3,(H,27,31)(H,28,30)(H,29,34)(H,32,33);1-2H3/t16-,19-,20+;/m1./s1. The molecule has 210 valence electrons. The van der Waals surface area contributed by atoms with Gasteiger partial charge in [-0.15, -0.1) is 0 Å². The van der Waals surface area contributed by atoms with Crippen molar-refractivity contribution in [3.63, 3.8) is 0 Å².